The molecule has 0 saturated heterocycles. The van der Waals surface area contributed by atoms with Crippen LogP contribution in [0.2, 0.25) is 0 Å². The highest BCUT2D eigenvalue weighted by atomic mass is 127. The Morgan fingerprint density at radius 2 is 2.17 bits per heavy atom. The number of aromatic nitrogens is 2. The highest BCUT2D eigenvalue weighted by molar-refractivity contribution is 14.1. The Balaban J connectivity index is 2.91. The summed E-state index contributed by atoms with van der Waals surface area (Å²) >= 11 is 2.16. The van der Waals surface area contributed by atoms with Gasteiger partial charge in [-0.25, -0.2) is 0 Å². The lowest BCUT2D eigenvalue weighted by Crippen LogP contribution is -1.93. The minimum atomic E-state index is 0.758. The van der Waals surface area contributed by atoms with Gasteiger partial charge in [0.1, 0.15) is 0 Å². The summed E-state index contributed by atoms with van der Waals surface area (Å²) in [5.41, 5.74) is 7.48. The average molecular weight is 271 g/mol. The van der Waals surface area contributed by atoms with Gasteiger partial charge in [0.05, 0.1) is 14.8 Å². The third kappa shape index (κ3) is 1.12. The molecular weight excluding hydrogens is 265 g/mol. The summed E-state index contributed by atoms with van der Waals surface area (Å²) in [6, 6.07) is 1.85. The van der Waals surface area contributed by atoms with Gasteiger partial charge in [0.25, 0.3) is 0 Å². The second kappa shape index (κ2) is 2.85. The van der Waals surface area contributed by atoms with Crippen LogP contribution in [0, 0.1) is 3.57 Å². The summed E-state index contributed by atoms with van der Waals surface area (Å²) in [5.74, 6) is 0. The van der Waals surface area contributed by atoms with Gasteiger partial charge in [-0.15, -0.1) is 0 Å². The number of pyridine rings is 2. The number of nitrogens with zero attached hydrogens (tertiary/aromatic N) is 2. The van der Waals surface area contributed by atoms with E-state index >= 15 is 0 Å². The standard InChI is InChI=1S/C8H6IN3/c9-6-4-12-7-1-2-11-3-5(7)8(6)10/h1-4H,(H2,10,12). The first-order chi connectivity index (χ1) is 5.79. The summed E-state index contributed by atoms with van der Waals surface area (Å²) in [7, 11) is 0. The molecule has 0 amide bonds. The smallest absolute Gasteiger partial charge is 0.0754 e. The van der Waals surface area contributed by atoms with Crippen LogP contribution in [0.3, 0.4) is 0 Å². The van der Waals surface area contributed by atoms with Crippen LogP contribution in [-0.2, 0) is 0 Å². The molecule has 2 N–H and O–H groups in total. The third-order valence-corrected chi connectivity index (χ3v) is 2.52. The monoisotopic (exact) mass is 271 g/mol. The number of fused-ring (bicyclic) bond motifs is 1. The second-order valence-corrected chi connectivity index (χ2v) is 3.57. The van der Waals surface area contributed by atoms with Crippen molar-refractivity contribution in [3.8, 4) is 0 Å². The van der Waals surface area contributed by atoms with Crippen LogP contribution in [0.15, 0.2) is 24.7 Å². The third-order valence-electron chi connectivity index (χ3n) is 1.66. The average Bonchev–Trinajstić information content (AvgIpc) is 2.12. The fraction of sp³-hybridized carbons (Fsp3) is 0. The summed E-state index contributed by atoms with van der Waals surface area (Å²) in [6.07, 6.45) is 5.21. The van der Waals surface area contributed by atoms with Crippen LogP contribution >= 0.6 is 22.6 Å². The highest BCUT2D eigenvalue weighted by Crippen LogP contribution is 2.22. The lowest BCUT2D eigenvalue weighted by molar-refractivity contribution is 1.32. The van der Waals surface area contributed by atoms with Crippen molar-refractivity contribution in [2.75, 3.05) is 5.73 Å². The van der Waals surface area contributed by atoms with E-state index in [2.05, 4.69) is 32.6 Å². The fourth-order valence-corrected chi connectivity index (χ4v) is 1.46. The molecule has 2 rings (SSSR count). The van der Waals surface area contributed by atoms with E-state index in [4.69, 9.17) is 5.73 Å². The van der Waals surface area contributed by atoms with Crippen LogP contribution in [0.4, 0.5) is 5.69 Å². The molecule has 2 aromatic heterocycles. The van der Waals surface area contributed by atoms with Gasteiger partial charge in [-0.1, -0.05) is 0 Å². The molecule has 2 heterocycles. The predicted octanol–water partition coefficient (Wildman–Crippen LogP) is 1.82. The fourth-order valence-electron chi connectivity index (χ4n) is 1.03. The van der Waals surface area contributed by atoms with Gasteiger partial charge in [-0.05, 0) is 28.7 Å². The van der Waals surface area contributed by atoms with E-state index in [1.165, 1.54) is 0 Å². The molecule has 0 radical (unpaired) electrons. The number of halogens is 1. The first-order valence-corrected chi connectivity index (χ1v) is 4.50. The lowest BCUT2D eigenvalue weighted by Gasteiger charge is -2.01. The molecule has 0 unspecified atom stereocenters. The van der Waals surface area contributed by atoms with E-state index in [1.807, 2.05) is 6.07 Å². The van der Waals surface area contributed by atoms with Gasteiger partial charge in [0.15, 0.2) is 0 Å². The van der Waals surface area contributed by atoms with E-state index in [0.29, 0.717) is 0 Å². The maximum atomic E-state index is 5.83. The highest BCUT2D eigenvalue weighted by Gasteiger charge is 2.01. The topological polar surface area (TPSA) is 51.8 Å². The Morgan fingerprint density at radius 1 is 1.33 bits per heavy atom. The Labute approximate surface area is 83.2 Å². The molecule has 0 atom stereocenters. The number of rotatable bonds is 0. The number of nitrogen functional groups attached to an aromatic ring is 1. The lowest BCUT2D eigenvalue weighted by atomic mass is 10.2. The molecule has 0 saturated carbocycles. The van der Waals surface area contributed by atoms with Gasteiger partial charge < -0.3 is 5.73 Å². The molecule has 0 spiro atoms. The number of anilines is 1. The molecule has 0 fully saturated rings. The van der Waals surface area contributed by atoms with Gasteiger partial charge >= 0.3 is 0 Å². The molecule has 0 aromatic carbocycles. The van der Waals surface area contributed by atoms with Crippen LogP contribution < -0.4 is 5.73 Å². The number of hydrogen-bond acceptors (Lipinski definition) is 3. The molecule has 12 heavy (non-hydrogen) atoms. The molecule has 2 aromatic rings. The maximum absolute atomic E-state index is 5.83. The summed E-state index contributed by atoms with van der Waals surface area (Å²) in [6.45, 7) is 0. The van der Waals surface area contributed by atoms with Gasteiger partial charge in [-0.2, -0.15) is 0 Å². The Hall–Kier alpha value is -0.910. The minimum Gasteiger partial charge on any atom is -0.397 e. The zero-order chi connectivity index (χ0) is 8.55. The van der Waals surface area contributed by atoms with Crippen LogP contribution in [0.1, 0.15) is 0 Å². The van der Waals surface area contributed by atoms with E-state index in [0.717, 1.165) is 20.2 Å². The molecule has 0 aliphatic heterocycles. The quantitative estimate of drug-likeness (QED) is 0.743. The summed E-state index contributed by atoms with van der Waals surface area (Å²) in [4.78, 5) is 8.21. The maximum Gasteiger partial charge on any atom is 0.0754 e. The number of hydrogen-bond donors (Lipinski definition) is 1. The van der Waals surface area contributed by atoms with E-state index in [-0.39, 0.29) is 0 Å². The van der Waals surface area contributed by atoms with Gasteiger partial charge in [-0.3, -0.25) is 9.97 Å². The first kappa shape index (κ1) is 7.72. The van der Waals surface area contributed by atoms with Gasteiger partial charge in [0.2, 0.25) is 0 Å². The largest absolute Gasteiger partial charge is 0.397 e. The predicted molar refractivity (Wildman–Crippen MR) is 56.7 cm³/mol. The SMILES string of the molecule is Nc1c(I)cnc2ccncc12. The molecule has 3 nitrogen and oxygen atoms in total. The molecule has 60 valence electrons. The van der Waals surface area contributed by atoms with Crippen molar-refractivity contribution in [1.82, 2.24) is 9.97 Å². The van der Waals surface area contributed by atoms with Crippen molar-refractivity contribution in [3.05, 3.63) is 28.2 Å². The Bertz CT molecular complexity index is 428. The molecule has 4 heteroatoms. The van der Waals surface area contributed by atoms with E-state index in [9.17, 15) is 0 Å². The van der Waals surface area contributed by atoms with E-state index in [1.54, 1.807) is 18.6 Å². The summed E-state index contributed by atoms with van der Waals surface area (Å²) in [5, 5.41) is 0.921. The van der Waals surface area contributed by atoms with Crippen LogP contribution in [-0.4, -0.2) is 9.97 Å². The van der Waals surface area contributed by atoms with Crippen molar-refractivity contribution in [2.24, 2.45) is 0 Å². The first-order valence-electron chi connectivity index (χ1n) is 3.43. The Kier molecular flexibility index (Phi) is 1.84. The minimum absolute atomic E-state index is 0.758. The van der Waals surface area contributed by atoms with Crippen molar-refractivity contribution in [2.45, 2.75) is 0 Å². The van der Waals surface area contributed by atoms with Crippen molar-refractivity contribution in [1.29, 1.82) is 0 Å². The van der Waals surface area contributed by atoms with Gasteiger partial charge in [0, 0.05) is 24.0 Å². The normalized spacial score (nSPS) is 10.4. The molecule has 0 bridgehead atoms. The molecule has 0 aliphatic rings. The molecular formula is C8H6IN3. The van der Waals surface area contributed by atoms with Crippen molar-refractivity contribution in [3.63, 3.8) is 0 Å². The van der Waals surface area contributed by atoms with E-state index < -0.39 is 0 Å². The second-order valence-electron chi connectivity index (χ2n) is 2.41. The van der Waals surface area contributed by atoms with Crippen molar-refractivity contribution >= 4 is 39.2 Å². The zero-order valence-electron chi connectivity index (χ0n) is 6.16. The zero-order valence-corrected chi connectivity index (χ0v) is 8.32. The molecule has 0 aliphatic carbocycles. The van der Waals surface area contributed by atoms with Crippen LogP contribution in [0.5, 0.6) is 0 Å². The Morgan fingerprint density at radius 3 is 3.00 bits per heavy atom. The van der Waals surface area contributed by atoms with Crippen molar-refractivity contribution < 1.29 is 0 Å². The van der Waals surface area contributed by atoms with Crippen LogP contribution in [0.25, 0.3) is 10.9 Å². The number of nitrogens with two attached hydrogens (primary N) is 1. The summed E-state index contributed by atoms with van der Waals surface area (Å²) < 4.78 is 0.966.